The lowest BCUT2D eigenvalue weighted by Gasteiger charge is -2.01. The molecule has 0 aliphatic rings. The minimum Gasteiger partial charge on any atom is -0.276 e. The smallest absolute Gasteiger partial charge is 0.273 e. The van der Waals surface area contributed by atoms with Gasteiger partial charge in [0, 0.05) is 12.7 Å². The average Bonchev–Trinajstić information content (AvgIpc) is 2.86. The molecule has 0 aliphatic carbocycles. The largest absolute Gasteiger partial charge is 0.276 e. The number of aryl methyl sites for hydroxylation is 1. The summed E-state index contributed by atoms with van der Waals surface area (Å²) in [5.74, 6) is 0. The molecule has 0 bridgehead atoms. The van der Waals surface area contributed by atoms with Crippen molar-refractivity contribution < 1.29 is 8.42 Å². The Morgan fingerprint density at radius 1 is 1.53 bits per heavy atom. The molecule has 9 heteroatoms. The molecule has 0 aliphatic heterocycles. The van der Waals surface area contributed by atoms with Gasteiger partial charge in [0.1, 0.15) is 0 Å². The Balaban J connectivity index is 2.23. The first-order valence-corrected chi connectivity index (χ1v) is 7.35. The zero-order valence-corrected chi connectivity index (χ0v) is 11.2. The van der Waals surface area contributed by atoms with Gasteiger partial charge in [-0.3, -0.25) is 9.40 Å². The lowest BCUT2D eigenvalue weighted by atomic mass is 10.6. The van der Waals surface area contributed by atoms with Gasteiger partial charge in [0.25, 0.3) is 10.0 Å². The maximum Gasteiger partial charge on any atom is 0.273 e. The number of anilines is 1. The van der Waals surface area contributed by atoms with Gasteiger partial charge in [-0.2, -0.15) is 5.10 Å². The van der Waals surface area contributed by atoms with E-state index in [1.54, 1.807) is 10.9 Å². The minimum absolute atomic E-state index is 0.0757. The number of sulfonamides is 1. The Bertz CT molecular complexity index is 619. The van der Waals surface area contributed by atoms with E-state index in [1.807, 2.05) is 6.92 Å². The molecule has 6 nitrogen and oxygen atoms in total. The Morgan fingerprint density at radius 3 is 2.82 bits per heavy atom. The van der Waals surface area contributed by atoms with Gasteiger partial charge >= 0.3 is 0 Å². The third-order valence-corrected chi connectivity index (χ3v) is 4.89. The maximum atomic E-state index is 11.9. The standard InChI is InChI=1S/C8H9ClN4O2S2/c1-2-13-5-6(3-11-13)12-17(14,15)7-4-10-8(9)16-7/h3-5,12H,2H2,1H3. The molecule has 1 N–H and O–H groups in total. The van der Waals surface area contributed by atoms with Crippen LogP contribution in [0.5, 0.6) is 0 Å². The predicted octanol–water partition coefficient (Wildman–Crippen LogP) is 1.81. The monoisotopic (exact) mass is 292 g/mol. The van der Waals surface area contributed by atoms with Gasteiger partial charge < -0.3 is 0 Å². The molecule has 0 radical (unpaired) electrons. The Kier molecular flexibility index (Phi) is 3.36. The van der Waals surface area contributed by atoms with Crippen molar-refractivity contribution in [2.24, 2.45) is 0 Å². The highest BCUT2D eigenvalue weighted by molar-refractivity contribution is 7.94. The van der Waals surface area contributed by atoms with Crippen molar-refractivity contribution in [1.29, 1.82) is 0 Å². The molecule has 17 heavy (non-hydrogen) atoms. The van der Waals surface area contributed by atoms with Crippen molar-refractivity contribution in [3.05, 3.63) is 23.1 Å². The first kappa shape index (κ1) is 12.3. The SMILES string of the molecule is CCn1cc(NS(=O)(=O)c2cnc(Cl)s2)cn1. The van der Waals surface area contributed by atoms with Crippen LogP contribution < -0.4 is 4.72 Å². The van der Waals surface area contributed by atoms with Crippen LogP contribution in [0.15, 0.2) is 22.8 Å². The number of hydrogen-bond donors (Lipinski definition) is 1. The fraction of sp³-hybridized carbons (Fsp3) is 0.250. The second-order valence-corrected chi connectivity index (χ2v) is 6.64. The highest BCUT2D eigenvalue weighted by Gasteiger charge is 2.18. The average molecular weight is 293 g/mol. The van der Waals surface area contributed by atoms with Crippen molar-refractivity contribution in [2.45, 2.75) is 17.7 Å². The zero-order valence-electron chi connectivity index (χ0n) is 8.79. The van der Waals surface area contributed by atoms with Crippen LogP contribution in [-0.2, 0) is 16.6 Å². The van der Waals surface area contributed by atoms with Crippen molar-refractivity contribution in [1.82, 2.24) is 14.8 Å². The summed E-state index contributed by atoms with van der Waals surface area (Å²) in [6.07, 6.45) is 4.28. The van der Waals surface area contributed by atoms with Crippen LogP contribution in [-0.4, -0.2) is 23.2 Å². The highest BCUT2D eigenvalue weighted by Crippen LogP contribution is 2.24. The normalized spacial score (nSPS) is 11.6. The number of halogens is 1. The van der Waals surface area contributed by atoms with E-state index >= 15 is 0 Å². The molecule has 0 saturated carbocycles. The molecule has 0 saturated heterocycles. The molecule has 2 aromatic heterocycles. The molecule has 0 spiro atoms. The number of hydrogen-bond acceptors (Lipinski definition) is 5. The van der Waals surface area contributed by atoms with Crippen molar-refractivity contribution in [3.8, 4) is 0 Å². The summed E-state index contributed by atoms with van der Waals surface area (Å²) in [6, 6.07) is 0. The van der Waals surface area contributed by atoms with Crippen LogP contribution in [0.1, 0.15) is 6.92 Å². The van der Waals surface area contributed by atoms with E-state index in [2.05, 4.69) is 14.8 Å². The summed E-state index contributed by atoms with van der Waals surface area (Å²) in [7, 11) is -3.62. The second-order valence-electron chi connectivity index (χ2n) is 3.12. The fourth-order valence-electron chi connectivity index (χ4n) is 1.16. The van der Waals surface area contributed by atoms with Gasteiger partial charge in [-0.1, -0.05) is 22.9 Å². The number of nitrogens with one attached hydrogen (secondary N) is 1. The van der Waals surface area contributed by atoms with Crippen LogP contribution in [0.25, 0.3) is 0 Å². The molecule has 2 rings (SSSR count). The number of rotatable bonds is 4. The summed E-state index contributed by atoms with van der Waals surface area (Å²) in [5.41, 5.74) is 0.413. The van der Waals surface area contributed by atoms with E-state index in [4.69, 9.17) is 11.6 Å². The summed E-state index contributed by atoms with van der Waals surface area (Å²) >= 11 is 6.50. The quantitative estimate of drug-likeness (QED) is 0.932. The van der Waals surface area contributed by atoms with E-state index in [0.717, 1.165) is 11.3 Å². The molecule has 92 valence electrons. The van der Waals surface area contributed by atoms with Gasteiger partial charge in [-0.25, -0.2) is 13.4 Å². The van der Waals surface area contributed by atoms with Gasteiger partial charge in [0.05, 0.1) is 18.1 Å². The number of nitrogens with zero attached hydrogens (tertiary/aromatic N) is 3. The first-order chi connectivity index (χ1) is 8.01. The van der Waals surface area contributed by atoms with Crippen molar-refractivity contribution in [3.63, 3.8) is 0 Å². The van der Waals surface area contributed by atoms with Gasteiger partial charge in [0.15, 0.2) is 8.68 Å². The third kappa shape index (κ3) is 2.76. The number of aromatic nitrogens is 3. The van der Waals surface area contributed by atoms with Gasteiger partial charge in [-0.15, -0.1) is 0 Å². The molecular weight excluding hydrogens is 284 g/mol. The molecule has 0 atom stereocenters. The van der Waals surface area contributed by atoms with E-state index in [1.165, 1.54) is 12.4 Å². The fourth-order valence-corrected chi connectivity index (χ4v) is 3.48. The van der Waals surface area contributed by atoms with Crippen LogP contribution in [0, 0.1) is 0 Å². The molecular formula is C8H9ClN4O2S2. The topological polar surface area (TPSA) is 76.9 Å². The molecule has 0 amide bonds. The predicted molar refractivity (Wildman–Crippen MR) is 65.8 cm³/mol. The van der Waals surface area contributed by atoms with Crippen molar-refractivity contribution >= 4 is 38.6 Å². The lowest BCUT2D eigenvalue weighted by Crippen LogP contribution is -2.10. The highest BCUT2D eigenvalue weighted by atomic mass is 35.5. The summed E-state index contributed by atoms with van der Waals surface area (Å²) < 4.78 is 28.0. The van der Waals surface area contributed by atoms with Gasteiger partial charge in [-0.05, 0) is 6.92 Å². The van der Waals surface area contributed by atoms with E-state index in [0.29, 0.717) is 12.2 Å². The van der Waals surface area contributed by atoms with Crippen LogP contribution >= 0.6 is 22.9 Å². The maximum absolute atomic E-state index is 11.9. The Labute approximate surface area is 107 Å². The minimum atomic E-state index is -3.62. The Hall–Kier alpha value is -1.12. The van der Waals surface area contributed by atoms with Gasteiger partial charge in [0.2, 0.25) is 0 Å². The molecule has 0 aromatic carbocycles. The van der Waals surface area contributed by atoms with Crippen LogP contribution in [0.3, 0.4) is 0 Å². The van der Waals surface area contributed by atoms with Crippen LogP contribution in [0.2, 0.25) is 4.47 Å². The van der Waals surface area contributed by atoms with E-state index in [-0.39, 0.29) is 8.68 Å². The lowest BCUT2D eigenvalue weighted by molar-refractivity contribution is 0.603. The molecule has 0 unspecified atom stereocenters. The number of thiazole rings is 1. The molecule has 0 fully saturated rings. The zero-order chi connectivity index (χ0) is 12.5. The van der Waals surface area contributed by atoms with Crippen molar-refractivity contribution in [2.75, 3.05) is 4.72 Å². The van der Waals surface area contributed by atoms with E-state index in [9.17, 15) is 8.42 Å². The summed E-state index contributed by atoms with van der Waals surface area (Å²) in [4.78, 5) is 3.69. The molecule has 2 heterocycles. The van der Waals surface area contributed by atoms with E-state index < -0.39 is 10.0 Å². The van der Waals surface area contributed by atoms with Crippen LogP contribution in [0.4, 0.5) is 5.69 Å². The second kappa shape index (κ2) is 4.63. The first-order valence-electron chi connectivity index (χ1n) is 4.68. The summed E-state index contributed by atoms with van der Waals surface area (Å²) in [5, 5.41) is 3.97. The molecule has 2 aromatic rings. The Morgan fingerprint density at radius 2 is 2.29 bits per heavy atom. The summed E-state index contributed by atoms with van der Waals surface area (Å²) in [6.45, 7) is 2.59. The third-order valence-electron chi connectivity index (χ3n) is 1.93.